The van der Waals surface area contributed by atoms with Gasteiger partial charge in [0.25, 0.3) is 0 Å². The molecule has 4 nitrogen and oxygen atoms in total. The second kappa shape index (κ2) is 9.27. The third kappa shape index (κ3) is 4.39. The van der Waals surface area contributed by atoms with Crippen LogP contribution in [0.1, 0.15) is 23.6 Å². The van der Waals surface area contributed by atoms with Crippen molar-refractivity contribution in [1.29, 1.82) is 0 Å². The number of aryl methyl sites for hydroxylation is 3. The Labute approximate surface area is 203 Å². The average Bonchev–Trinajstić information content (AvgIpc) is 3.31. The van der Waals surface area contributed by atoms with E-state index in [1.807, 2.05) is 31.2 Å². The molecule has 0 bridgehead atoms. The molecular formula is C29H26N2O2S. The standard InChI is InChI=1S/C29H26N2O2S/c1-5-32-26-8-6-7-22-16-23(29-31-25(17-34-29)21-12-9-18(2)10-13-21)28(33-27(22)26)30-24-14-11-19(3)15-20(24)4/h6-17H,5H2,1-4H3. The van der Waals surface area contributed by atoms with Gasteiger partial charge in [0.05, 0.1) is 23.6 Å². The lowest BCUT2D eigenvalue weighted by Gasteiger charge is -2.08. The number of para-hydroxylation sites is 1. The maximum Gasteiger partial charge on any atom is 0.230 e. The number of nitrogens with zero attached hydrogens (tertiary/aromatic N) is 2. The van der Waals surface area contributed by atoms with Crippen molar-refractivity contribution >= 4 is 28.0 Å². The van der Waals surface area contributed by atoms with Crippen LogP contribution in [0.15, 0.2) is 81.5 Å². The molecule has 0 aliphatic heterocycles. The van der Waals surface area contributed by atoms with Crippen LogP contribution in [-0.2, 0) is 0 Å². The van der Waals surface area contributed by atoms with E-state index in [0.717, 1.165) is 38.5 Å². The molecule has 34 heavy (non-hydrogen) atoms. The number of benzene rings is 3. The number of hydrogen-bond acceptors (Lipinski definition) is 5. The third-order valence-corrected chi connectivity index (χ3v) is 6.57. The minimum atomic E-state index is 0.524. The summed E-state index contributed by atoms with van der Waals surface area (Å²) < 4.78 is 12.3. The fourth-order valence-corrected chi connectivity index (χ4v) is 4.76. The Morgan fingerprint density at radius 3 is 2.50 bits per heavy atom. The van der Waals surface area contributed by atoms with E-state index in [1.165, 1.54) is 11.1 Å². The van der Waals surface area contributed by atoms with Crippen molar-refractivity contribution in [2.24, 2.45) is 4.99 Å². The molecule has 3 aromatic carbocycles. The van der Waals surface area contributed by atoms with Gasteiger partial charge >= 0.3 is 0 Å². The first-order valence-electron chi connectivity index (χ1n) is 11.4. The second-order valence-corrected chi connectivity index (χ2v) is 9.24. The van der Waals surface area contributed by atoms with E-state index >= 15 is 0 Å². The highest BCUT2D eigenvalue weighted by molar-refractivity contribution is 7.13. The van der Waals surface area contributed by atoms with Crippen LogP contribution in [0.4, 0.5) is 5.69 Å². The highest BCUT2D eigenvalue weighted by Gasteiger charge is 2.14. The number of ether oxygens (including phenoxy) is 1. The van der Waals surface area contributed by atoms with Crippen LogP contribution < -0.4 is 10.3 Å². The molecule has 170 valence electrons. The third-order valence-electron chi connectivity index (χ3n) is 5.69. The monoisotopic (exact) mass is 466 g/mol. The fourth-order valence-electron chi connectivity index (χ4n) is 3.92. The minimum Gasteiger partial charge on any atom is -0.490 e. The lowest BCUT2D eigenvalue weighted by molar-refractivity contribution is 0.337. The van der Waals surface area contributed by atoms with Gasteiger partial charge in [-0.2, -0.15) is 0 Å². The first-order chi connectivity index (χ1) is 16.5. The molecular weight excluding hydrogens is 440 g/mol. The van der Waals surface area contributed by atoms with Crippen molar-refractivity contribution < 1.29 is 9.15 Å². The molecule has 0 saturated carbocycles. The molecule has 0 fully saturated rings. The summed E-state index contributed by atoms with van der Waals surface area (Å²) in [6.45, 7) is 8.77. The smallest absolute Gasteiger partial charge is 0.230 e. The molecule has 0 atom stereocenters. The summed E-state index contributed by atoms with van der Waals surface area (Å²) in [5.41, 5.74) is 8.52. The molecule has 5 aromatic rings. The number of rotatable bonds is 5. The van der Waals surface area contributed by atoms with Crippen molar-refractivity contribution in [2.45, 2.75) is 27.7 Å². The summed E-state index contributed by atoms with van der Waals surface area (Å²) in [6, 6.07) is 22.7. The highest BCUT2D eigenvalue weighted by Crippen LogP contribution is 2.32. The zero-order valence-corrected chi connectivity index (χ0v) is 20.6. The van der Waals surface area contributed by atoms with E-state index in [1.54, 1.807) is 11.3 Å². The second-order valence-electron chi connectivity index (χ2n) is 8.38. The quantitative estimate of drug-likeness (QED) is 0.266. The molecule has 2 aromatic heterocycles. The number of hydrogen-bond donors (Lipinski definition) is 0. The molecule has 0 unspecified atom stereocenters. The van der Waals surface area contributed by atoms with Gasteiger partial charge in [-0.05, 0) is 51.5 Å². The molecule has 0 aliphatic rings. The summed E-state index contributed by atoms with van der Waals surface area (Å²) in [4.78, 5) is 9.90. The minimum absolute atomic E-state index is 0.524. The fraction of sp³-hybridized carbons (Fsp3) is 0.172. The van der Waals surface area contributed by atoms with Gasteiger partial charge in [0.1, 0.15) is 5.01 Å². The number of aromatic nitrogens is 1. The first-order valence-corrected chi connectivity index (χ1v) is 12.2. The zero-order chi connectivity index (χ0) is 23.7. The molecule has 2 heterocycles. The van der Waals surface area contributed by atoms with Gasteiger partial charge in [-0.25, -0.2) is 9.98 Å². The van der Waals surface area contributed by atoms with Crippen molar-refractivity contribution in [3.63, 3.8) is 0 Å². The van der Waals surface area contributed by atoms with Gasteiger partial charge in [-0.15, -0.1) is 11.3 Å². The Hall–Kier alpha value is -3.70. The maximum absolute atomic E-state index is 6.43. The molecule has 0 saturated heterocycles. The Balaban J connectivity index is 1.72. The largest absolute Gasteiger partial charge is 0.490 e. The summed E-state index contributed by atoms with van der Waals surface area (Å²) in [6.07, 6.45) is 0. The molecule has 0 N–H and O–H groups in total. The highest BCUT2D eigenvalue weighted by atomic mass is 32.1. The predicted molar refractivity (Wildman–Crippen MR) is 140 cm³/mol. The van der Waals surface area contributed by atoms with Crippen molar-refractivity contribution in [1.82, 2.24) is 4.98 Å². The van der Waals surface area contributed by atoms with Gasteiger partial charge in [0.2, 0.25) is 5.55 Å². The Kier molecular flexibility index (Phi) is 6.03. The van der Waals surface area contributed by atoms with Crippen LogP contribution >= 0.6 is 11.3 Å². The van der Waals surface area contributed by atoms with Crippen LogP contribution in [0.5, 0.6) is 5.75 Å². The van der Waals surface area contributed by atoms with Crippen LogP contribution in [0.25, 0.3) is 32.8 Å². The van der Waals surface area contributed by atoms with E-state index in [0.29, 0.717) is 23.5 Å². The van der Waals surface area contributed by atoms with Crippen LogP contribution in [-0.4, -0.2) is 11.6 Å². The zero-order valence-electron chi connectivity index (χ0n) is 19.8. The van der Waals surface area contributed by atoms with Gasteiger partial charge < -0.3 is 9.15 Å². The molecule has 0 aliphatic carbocycles. The van der Waals surface area contributed by atoms with Crippen LogP contribution in [0, 0.1) is 20.8 Å². The maximum atomic E-state index is 6.43. The lowest BCUT2D eigenvalue weighted by atomic mass is 10.1. The van der Waals surface area contributed by atoms with Gasteiger partial charge in [0, 0.05) is 16.3 Å². The number of thiazole rings is 1. The van der Waals surface area contributed by atoms with Gasteiger partial charge in [-0.1, -0.05) is 59.7 Å². The van der Waals surface area contributed by atoms with E-state index in [9.17, 15) is 0 Å². The van der Waals surface area contributed by atoms with E-state index < -0.39 is 0 Å². The van der Waals surface area contributed by atoms with Crippen molar-refractivity contribution in [3.8, 4) is 27.6 Å². The van der Waals surface area contributed by atoms with Gasteiger partial charge in [0.15, 0.2) is 11.3 Å². The van der Waals surface area contributed by atoms with Crippen molar-refractivity contribution in [2.75, 3.05) is 6.61 Å². The van der Waals surface area contributed by atoms with Gasteiger partial charge in [-0.3, -0.25) is 0 Å². The molecule has 0 amide bonds. The lowest BCUT2D eigenvalue weighted by Crippen LogP contribution is -2.06. The van der Waals surface area contributed by atoms with Crippen LogP contribution in [0.2, 0.25) is 0 Å². The molecule has 0 radical (unpaired) electrons. The Morgan fingerprint density at radius 2 is 1.74 bits per heavy atom. The SMILES string of the molecule is CCOc1cccc2cc(-c3nc(-c4ccc(C)cc4)cs3)c(=Nc3ccc(C)cc3C)oc12. The topological polar surface area (TPSA) is 47.6 Å². The summed E-state index contributed by atoms with van der Waals surface area (Å²) in [5, 5.41) is 3.90. The van der Waals surface area contributed by atoms with E-state index in [-0.39, 0.29) is 0 Å². The summed E-state index contributed by atoms with van der Waals surface area (Å²) >= 11 is 1.59. The molecule has 5 rings (SSSR count). The molecule has 0 spiro atoms. The first kappa shape index (κ1) is 22.1. The predicted octanol–water partition coefficient (Wildman–Crippen LogP) is 7.78. The summed E-state index contributed by atoms with van der Waals surface area (Å²) in [5.74, 6) is 0.711. The van der Waals surface area contributed by atoms with Crippen LogP contribution in [0.3, 0.4) is 0 Å². The normalized spacial score (nSPS) is 11.8. The Bertz CT molecular complexity index is 1550. The van der Waals surface area contributed by atoms with E-state index in [2.05, 4.69) is 68.6 Å². The Morgan fingerprint density at radius 1 is 0.941 bits per heavy atom. The summed E-state index contributed by atoms with van der Waals surface area (Å²) in [7, 11) is 0. The van der Waals surface area contributed by atoms with Crippen molar-refractivity contribution in [3.05, 3.63) is 94.4 Å². The molecule has 5 heteroatoms. The average molecular weight is 467 g/mol. The van der Waals surface area contributed by atoms with E-state index in [4.69, 9.17) is 19.1 Å². The number of fused-ring (bicyclic) bond motifs is 1.